The smallest absolute Gasteiger partial charge is 0.210 e. The fourth-order valence-electron chi connectivity index (χ4n) is 3.41. The molecule has 0 N–H and O–H groups in total. The third kappa shape index (κ3) is 3.28. The summed E-state index contributed by atoms with van der Waals surface area (Å²) in [5.74, 6) is -0.408. The third-order valence-electron chi connectivity index (χ3n) is 4.93. The molecule has 0 amide bonds. The lowest BCUT2D eigenvalue weighted by atomic mass is 10.1. The number of nitrogens with zero attached hydrogens (tertiary/aromatic N) is 3. The van der Waals surface area contributed by atoms with Gasteiger partial charge < -0.3 is 9.80 Å². The average molecular weight is 385 g/mol. The number of aromatic nitrogens is 1. The van der Waals surface area contributed by atoms with Crippen LogP contribution in [0.1, 0.15) is 0 Å². The summed E-state index contributed by atoms with van der Waals surface area (Å²) in [5, 5.41) is 0.525. The molecule has 0 spiro atoms. The molecule has 3 aromatic rings. The maximum absolute atomic E-state index is 14.0. The second-order valence-electron chi connectivity index (χ2n) is 6.74. The standard InChI is InChI=1S/C20H20FN3O2S/c1-23-9-11-24(12-10-23)20-17-13-15(21)7-8-18(17)22-14-19(20)27(25,26)16-5-3-2-4-6-16/h2-8,13-14H,9-12H2,1H3. The minimum absolute atomic E-state index is 0.122. The highest BCUT2D eigenvalue weighted by molar-refractivity contribution is 7.91. The molecule has 7 heteroatoms. The summed E-state index contributed by atoms with van der Waals surface area (Å²) in [6, 6.07) is 12.6. The van der Waals surface area contributed by atoms with Crippen LogP contribution < -0.4 is 4.90 Å². The zero-order chi connectivity index (χ0) is 19.0. The maximum atomic E-state index is 14.0. The van der Waals surface area contributed by atoms with Crippen molar-refractivity contribution in [1.29, 1.82) is 0 Å². The molecule has 140 valence electrons. The van der Waals surface area contributed by atoms with Crippen LogP contribution in [0, 0.1) is 5.82 Å². The predicted molar refractivity (Wildman–Crippen MR) is 103 cm³/mol. The van der Waals surface area contributed by atoms with Crippen molar-refractivity contribution in [2.75, 3.05) is 38.1 Å². The summed E-state index contributed by atoms with van der Waals surface area (Å²) in [6.07, 6.45) is 1.40. The molecule has 0 atom stereocenters. The van der Waals surface area contributed by atoms with Crippen molar-refractivity contribution >= 4 is 26.4 Å². The molecule has 1 aromatic heterocycles. The molecule has 0 bridgehead atoms. The monoisotopic (exact) mass is 385 g/mol. The van der Waals surface area contributed by atoms with Crippen molar-refractivity contribution in [3.8, 4) is 0 Å². The minimum atomic E-state index is -3.78. The Morgan fingerprint density at radius 3 is 2.41 bits per heavy atom. The first-order valence-corrected chi connectivity index (χ1v) is 10.3. The summed E-state index contributed by atoms with van der Waals surface area (Å²) in [6.45, 7) is 2.96. The van der Waals surface area contributed by atoms with Crippen LogP contribution in [0.5, 0.6) is 0 Å². The fourth-order valence-corrected chi connectivity index (χ4v) is 4.87. The van der Waals surface area contributed by atoms with Crippen molar-refractivity contribution in [3.05, 3.63) is 60.5 Å². The van der Waals surface area contributed by atoms with Crippen LogP contribution in [0.15, 0.2) is 64.5 Å². The van der Waals surface area contributed by atoms with Gasteiger partial charge in [0.25, 0.3) is 0 Å². The molecular formula is C20H20FN3O2S. The lowest BCUT2D eigenvalue weighted by Crippen LogP contribution is -2.45. The molecule has 1 aliphatic rings. The molecule has 1 aliphatic heterocycles. The topological polar surface area (TPSA) is 53.5 Å². The van der Waals surface area contributed by atoms with Gasteiger partial charge in [-0.25, -0.2) is 12.8 Å². The molecule has 2 aromatic carbocycles. The Morgan fingerprint density at radius 1 is 1.00 bits per heavy atom. The van der Waals surface area contributed by atoms with E-state index in [4.69, 9.17) is 0 Å². The van der Waals surface area contributed by atoms with E-state index in [9.17, 15) is 12.8 Å². The first kappa shape index (κ1) is 17.9. The molecule has 0 saturated carbocycles. The van der Waals surface area contributed by atoms with Gasteiger partial charge in [-0.1, -0.05) is 18.2 Å². The van der Waals surface area contributed by atoms with E-state index in [2.05, 4.69) is 9.88 Å². The summed E-state index contributed by atoms with van der Waals surface area (Å²) in [4.78, 5) is 8.84. The minimum Gasteiger partial charge on any atom is -0.367 e. The largest absolute Gasteiger partial charge is 0.367 e. The number of piperazine rings is 1. The summed E-state index contributed by atoms with van der Waals surface area (Å²) < 4.78 is 40.6. The first-order valence-electron chi connectivity index (χ1n) is 8.79. The number of benzene rings is 2. The van der Waals surface area contributed by atoms with Gasteiger partial charge in [0.05, 0.1) is 16.1 Å². The molecule has 0 unspecified atom stereocenters. The number of sulfone groups is 1. The summed E-state index contributed by atoms with van der Waals surface area (Å²) >= 11 is 0. The van der Waals surface area contributed by atoms with E-state index in [1.807, 2.05) is 11.9 Å². The van der Waals surface area contributed by atoms with E-state index < -0.39 is 15.7 Å². The van der Waals surface area contributed by atoms with E-state index in [-0.39, 0.29) is 9.79 Å². The maximum Gasteiger partial charge on any atom is 0.210 e. The van der Waals surface area contributed by atoms with Crippen molar-refractivity contribution < 1.29 is 12.8 Å². The van der Waals surface area contributed by atoms with Crippen molar-refractivity contribution in [1.82, 2.24) is 9.88 Å². The van der Waals surface area contributed by atoms with E-state index >= 15 is 0 Å². The number of fused-ring (bicyclic) bond motifs is 1. The van der Waals surface area contributed by atoms with E-state index in [1.165, 1.54) is 18.3 Å². The molecule has 1 fully saturated rings. The highest BCUT2D eigenvalue weighted by Crippen LogP contribution is 2.36. The van der Waals surface area contributed by atoms with Crippen LogP contribution in [0.3, 0.4) is 0 Å². The van der Waals surface area contributed by atoms with Gasteiger partial charge in [-0.05, 0) is 37.4 Å². The van der Waals surface area contributed by atoms with Crippen LogP contribution in [0.4, 0.5) is 10.1 Å². The zero-order valence-corrected chi connectivity index (χ0v) is 15.8. The first-order chi connectivity index (χ1) is 13.0. The van der Waals surface area contributed by atoms with E-state index in [1.54, 1.807) is 36.4 Å². The Labute approximate surface area is 158 Å². The van der Waals surface area contributed by atoms with Gasteiger partial charge >= 0.3 is 0 Å². The van der Waals surface area contributed by atoms with Crippen LogP contribution in [0.2, 0.25) is 0 Å². The fraction of sp³-hybridized carbons (Fsp3) is 0.250. The number of likely N-dealkylation sites (N-methyl/N-ethyl adjacent to an activating group) is 1. The molecule has 5 nitrogen and oxygen atoms in total. The third-order valence-corrected chi connectivity index (χ3v) is 6.70. The van der Waals surface area contributed by atoms with E-state index in [0.29, 0.717) is 29.7 Å². The summed E-state index contributed by atoms with van der Waals surface area (Å²) in [7, 11) is -1.75. The normalized spacial score (nSPS) is 16.0. The van der Waals surface area contributed by atoms with Crippen molar-refractivity contribution in [3.63, 3.8) is 0 Å². The molecule has 0 aliphatic carbocycles. The predicted octanol–water partition coefficient (Wildman–Crippen LogP) is 2.96. The SMILES string of the molecule is CN1CCN(c2c(S(=O)(=O)c3ccccc3)cnc3ccc(F)cc23)CC1. The molecule has 27 heavy (non-hydrogen) atoms. The Kier molecular flexibility index (Phi) is 4.57. The molecule has 1 saturated heterocycles. The second kappa shape index (κ2) is 6.90. The number of hydrogen-bond donors (Lipinski definition) is 0. The van der Waals surface area contributed by atoms with Gasteiger partial charge in [0.15, 0.2) is 0 Å². The van der Waals surface area contributed by atoms with Gasteiger partial charge in [-0.15, -0.1) is 0 Å². The molecule has 2 heterocycles. The van der Waals surface area contributed by atoms with Crippen LogP contribution >= 0.6 is 0 Å². The quantitative estimate of drug-likeness (QED) is 0.694. The van der Waals surface area contributed by atoms with Crippen molar-refractivity contribution in [2.45, 2.75) is 9.79 Å². The Hall–Kier alpha value is -2.51. The lowest BCUT2D eigenvalue weighted by Gasteiger charge is -2.35. The van der Waals surface area contributed by atoms with Gasteiger partial charge in [-0.3, -0.25) is 4.98 Å². The van der Waals surface area contributed by atoms with Crippen molar-refractivity contribution in [2.24, 2.45) is 0 Å². The molecular weight excluding hydrogens is 365 g/mol. The van der Waals surface area contributed by atoms with Gasteiger partial charge in [0, 0.05) is 37.8 Å². The van der Waals surface area contributed by atoms with Gasteiger partial charge in [0.2, 0.25) is 9.84 Å². The highest BCUT2D eigenvalue weighted by Gasteiger charge is 2.28. The Bertz CT molecular complexity index is 1080. The van der Waals surface area contributed by atoms with Crippen LogP contribution in [-0.4, -0.2) is 51.5 Å². The second-order valence-corrected chi connectivity index (χ2v) is 8.66. The Morgan fingerprint density at radius 2 is 1.70 bits per heavy atom. The van der Waals surface area contributed by atoms with Crippen LogP contribution in [0.25, 0.3) is 10.9 Å². The molecule has 0 radical (unpaired) electrons. The van der Waals surface area contributed by atoms with Crippen LogP contribution in [-0.2, 0) is 9.84 Å². The zero-order valence-electron chi connectivity index (χ0n) is 15.0. The average Bonchev–Trinajstić information content (AvgIpc) is 2.68. The number of pyridine rings is 1. The number of hydrogen-bond acceptors (Lipinski definition) is 5. The number of rotatable bonds is 3. The van der Waals surface area contributed by atoms with Gasteiger partial charge in [-0.2, -0.15) is 0 Å². The number of halogens is 1. The van der Waals surface area contributed by atoms with Gasteiger partial charge in [0.1, 0.15) is 10.7 Å². The summed E-state index contributed by atoms with van der Waals surface area (Å²) in [5.41, 5.74) is 1.12. The highest BCUT2D eigenvalue weighted by atomic mass is 32.2. The molecule has 4 rings (SSSR count). The van der Waals surface area contributed by atoms with E-state index in [0.717, 1.165) is 13.1 Å². The number of anilines is 1. The Balaban J connectivity index is 1.96. The lowest BCUT2D eigenvalue weighted by molar-refractivity contribution is 0.312.